The summed E-state index contributed by atoms with van der Waals surface area (Å²) in [7, 11) is 3.32. The number of carbonyl (C=O) groups is 1. The van der Waals surface area contributed by atoms with Crippen LogP contribution in [-0.4, -0.2) is 39.1 Å². The summed E-state index contributed by atoms with van der Waals surface area (Å²) < 4.78 is 5.09. The molecule has 0 bridgehead atoms. The first-order valence-corrected chi connectivity index (χ1v) is 8.58. The zero-order valence-corrected chi connectivity index (χ0v) is 18.2. The molecule has 0 heterocycles. The molecular formula is C20H27IN4O2. The Kier molecular flexibility index (Phi) is 10.2. The fourth-order valence-electron chi connectivity index (χ4n) is 2.43. The number of benzene rings is 2. The Morgan fingerprint density at radius 1 is 1.04 bits per heavy atom. The molecular weight excluding hydrogens is 455 g/mol. The largest absolute Gasteiger partial charge is 0.497 e. The molecule has 1 unspecified atom stereocenters. The summed E-state index contributed by atoms with van der Waals surface area (Å²) in [6, 6.07) is 17.3. The minimum Gasteiger partial charge on any atom is -0.497 e. The van der Waals surface area contributed by atoms with Crippen molar-refractivity contribution < 1.29 is 9.53 Å². The summed E-state index contributed by atoms with van der Waals surface area (Å²) >= 11 is 0. The molecule has 2 aromatic rings. The first-order chi connectivity index (χ1) is 12.6. The van der Waals surface area contributed by atoms with Gasteiger partial charge in [-0.2, -0.15) is 0 Å². The fourth-order valence-corrected chi connectivity index (χ4v) is 2.43. The van der Waals surface area contributed by atoms with Crippen LogP contribution in [0.5, 0.6) is 5.75 Å². The van der Waals surface area contributed by atoms with Gasteiger partial charge in [0, 0.05) is 25.7 Å². The number of ether oxygens (including phenoxy) is 1. The number of aliphatic imine (C=N–C) groups is 1. The molecule has 0 spiro atoms. The molecule has 1 amide bonds. The van der Waals surface area contributed by atoms with E-state index in [1.165, 1.54) is 5.56 Å². The Labute approximate surface area is 177 Å². The molecule has 6 nitrogen and oxygen atoms in total. The highest BCUT2D eigenvalue weighted by atomic mass is 127. The summed E-state index contributed by atoms with van der Waals surface area (Å²) in [4.78, 5) is 16.3. The monoisotopic (exact) mass is 482 g/mol. The van der Waals surface area contributed by atoms with Crippen LogP contribution in [0.15, 0.2) is 59.6 Å². The molecule has 146 valence electrons. The van der Waals surface area contributed by atoms with E-state index in [-0.39, 0.29) is 35.9 Å². The van der Waals surface area contributed by atoms with Gasteiger partial charge < -0.3 is 20.7 Å². The van der Waals surface area contributed by atoms with E-state index in [2.05, 4.69) is 40.0 Å². The van der Waals surface area contributed by atoms with Crippen LogP contribution >= 0.6 is 24.0 Å². The molecule has 0 saturated heterocycles. The maximum atomic E-state index is 12.1. The quantitative estimate of drug-likeness (QED) is 0.246. The maximum Gasteiger partial charge on any atom is 0.251 e. The number of hydrogen-bond donors (Lipinski definition) is 3. The molecule has 7 heteroatoms. The van der Waals surface area contributed by atoms with Gasteiger partial charge in [-0.3, -0.25) is 9.79 Å². The highest BCUT2D eigenvalue weighted by Gasteiger charge is 2.08. The number of rotatable bonds is 7. The van der Waals surface area contributed by atoms with Crippen molar-refractivity contribution in [2.24, 2.45) is 4.99 Å². The third-order valence-corrected chi connectivity index (χ3v) is 3.93. The number of halogens is 1. The van der Waals surface area contributed by atoms with Crippen LogP contribution in [-0.2, 0) is 0 Å². The van der Waals surface area contributed by atoms with Gasteiger partial charge in [0.1, 0.15) is 5.75 Å². The lowest BCUT2D eigenvalue weighted by Crippen LogP contribution is -2.42. The fraction of sp³-hybridized carbons (Fsp3) is 0.300. The standard InChI is InChI=1S/C20H26N4O2.HI/c1-15(16-7-5-4-6-8-16)24-20(21-2)23-14-13-22-19(25)17-9-11-18(26-3)12-10-17;/h4-12,15H,13-14H2,1-3H3,(H,22,25)(H2,21,23,24);1H. The first kappa shape index (κ1) is 22.8. The molecule has 1 atom stereocenters. The highest BCUT2D eigenvalue weighted by molar-refractivity contribution is 14.0. The van der Waals surface area contributed by atoms with Crippen LogP contribution in [0.3, 0.4) is 0 Å². The van der Waals surface area contributed by atoms with Gasteiger partial charge in [-0.05, 0) is 36.8 Å². The van der Waals surface area contributed by atoms with Gasteiger partial charge >= 0.3 is 0 Å². The Balaban J connectivity index is 0.00000364. The maximum absolute atomic E-state index is 12.1. The van der Waals surface area contributed by atoms with Crippen LogP contribution in [0.1, 0.15) is 28.9 Å². The molecule has 0 aliphatic carbocycles. The number of hydrogen-bond acceptors (Lipinski definition) is 3. The normalized spacial score (nSPS) is 11.7. The van der Waals surface area contributed by atoms with Gasteiger partial charge in [0.25, 0.3) is 5.91 Å². The molecule has 3 N–H and O–H groups in total. The lowest BCUT2D eigenvalue weighted by Gasteiger charge is -2.18. The minimum atomic E-state index is -0.116. The van der Waals surface area contributed by atoms with Crippen molar-refractivity contribution in [2.45, 2.75) is 13.0 Å². The highest BCUT2D eigenvalue weighted by Crippen LogP contribution is 2.11. The Morgan fingerprint density at radius 2 is 1.67 bits per heavy atom. The summed E-state index contributed by atoms with van der Waals surface area (Å²) in [6.45, 7) is 3.14. The molecule has 0 aliphatic rings. The van der Waals surface area contributed by atoms with E-state index in [0.717, 1.165) is 5.75 Å². The predicted molar refractivity (Wildman–Crippen MR) is 120 cm³/mol. The molecule has 0 saturated carbocycles. The van der Waals surface area contributed by atoms with Crippen molar-refractivity contribution >= 4 is 35.8 Å². The van der Waals surface area contributed by atoms with Crippen LogP contribution in [0, 0.1) is 0 Å². The van der Waals surface area contributed by atoms with Crippen molar-refractivity contribution in [3.8, 4) is 5.75 Å². The van der Waals surface area contributed by atoms with Gasteiger partial charge in [-0.15, -0.1) is 24.0 Å². The summed E-state index contributed by atoms with van der Waals surface area (Å²) in [5.41, 5.74) is 1.79. The van der Waals surface area contributed by atoms with Crippen molar-refractivity contribution in [3.63, 3.8) is 0 Å². The number of amides is 1. The van der Waals surface area contributed by atoms with Gasteiger partial charge in [-0.1, -0.05) is 30.3 Å². The zero-order valence-electron chi connectivity index (χ0n) is 15.9. The average molecular weight is 482 g/mol. The number of guanidine groups is 1. The van der Waals surface area contributed by atoms with Crippen molar-refractivity contribution in [2.75, 3.05) is 27.2 Å². The van der Waals surface area contributed by atoms with Crippen LogP contribution in [0.25, 0.3) is 0 Å². The summed E-state index contributed by atoms with van der Waals surface area (Å²) in [5, 5.41) is 9.40. The van der Waals surface area contributed by atoms with E-state index >= 15 is 0 Å². The van der Waals surface area contributed by atoms with Gasteiger partial charge in [0.15, 0.2) is 5.96 Å². The molecule has 0 fully saturated rings. The van der Waals surface area contributed by atoms with E-state index in [9.17, 15) is 4.79 Å². The number of carbonyl (C=O) groups excluding carboxylic acids is 1. The van der Waals surface area contributed by atoms with Crippen LogP contribution in [0.4, 0.5) is 0 Å². The van der Waals surface area contributed by atoms with Gasteiger partial charge in [0.05, 0.1) is 13.2 Å². The molecule has 0 aromatic heterocycles. The topological polar surface area (TPSA) is 74.8 Å². The lowest BCUT2D eigenvalue weighted by atomic mass is 10.1. The van der Waals surface area contributed by atoms with Crippen molar-refractivity contribution in [1.29, 1.82) is 0 Å². The zero-order chi connectivity index (χ0) is 18.8. The Morgan fingerprint density at radius 3 is 2.26 bits per heavy atom. The predicted octanol–water partition coefficient (Wildman–Crippen LogP) is 2.97. The lowest BCUT2D eigenvalue weighted by molar-refractivity contribution is 0.0954. The first-order valence-electron chi connectivity index (χ1n) is 8.58. The van der Waals surface area contributed by atoms with Crippen LogP contribution in [0.2, 0.25) is 0 Å². The second-order valence-corrected chi connectivity index (χ2v) is 5.76. The third kappa shape index (κ3) is 7.46. The van der Waals surface area contributed by atoms with Crippen molar-refractivity contribution in [1.82, 2.24) is 16.0 Å². The van der Waals surface area contributed by atoms with E-state index in [4.69, 9.17) is 4.74 Å². The summed E-state index contributed by atoms with van der Waals surface area (Å²) in [5.74, 6) is 1.31. The second kappa shape index (κ2) is 12.2. The average Bonchev–Trinajstić information content (AvgIpc) is 2.70. The van der Waals surface area contributed by atoms with Crippen molar-refractivity contribution in [3.05, 3.63) is 65.7 Å². The molecule has 0 radical (unpaired) electrons. The van der Waals surface area contributed by atoms with Gasteiger partial charge in [-0.25, -0.2) is 0 Å². The van der Waals surface area contributed by atoms with E-state index in [0.29, 0.717) is 24.6 Å². The Bertz CT molecular complexity index is 721. The number of nitrogens with one attached hydrogen (secondary N) is 3. The van der Waals surface area contributed by atoms with E-state index in [1.807, 2.05) is 18.2 Å². The van der Waals surface area contributed by atoms with Gasteiger partial charge in [0.2, 0.25) is 0 Å². The third-order valence-electron chi connectivity index (χ3n) is 3.93. The van der Waals surface area contributed by atoms with Crippen LogP contribution < -0.4 is 20.7 Å². The smallest absolute Gasteiger partial charge is 0.251 e. The molecule has 0 aliphatic heterocycles. The second-order valence-electron chi connectivity index (χ2n) is 5.76. The number of methoxy groups -OCH3 is 1. The Hall–Kier alpha value is -2.29. The minimum absolute atomic E-state index is 0. The van der Waals surface area contributed by atoms with E-state index < -0.39 is 0 Å². The summed E-state index contributed by atoms with van der Waals surface area (Å²) in [6.07, 6.45) is 0. The molecule has 2 rings (SSSR count). The molecule has 27 heavy (non-hydrogen) atoms. The SMILES string of the molecule is CN=C(NCCNC(=O)c1ccc(OC)cc1)NC(C)c1ccccc1.I. The van der Waals surface area contributed by atoms with E-state index in [1.54, 1.807) is 38.4 Å². The number of nitrogens with zero attached hydrogens (tertiary/aromatic N) is 1. The molecule has 2 aromatic carbocycles.